The molecule has 1 amide bonds. The first-order valence-electron chi connectivity index (χ1n) is 9.18. The van der Waals surface area contributed by atoms with Crippen LogP contribution in [-0.2, 0) is 6.61 Å². The number of halogens is 3. The zero-order chi connectivity index (χ0) is 21.8. The van der Waals surface area contributed by atoms with E-state index in [1.54, 1.807) is 42.5 Å². The van der Waals surface area contributed by atoms with Crippen LogP contribution in [0.2, 0.25) is 10.0 Å². The normalized spacial score (nSPS) is 11.2. The summed E-state index contributed by atoms with van der Waals surface area (Å²) in [6, 6.07) is 18.3. The number of hydrazone groups is 1. The Hall–Kier alpha value is -3.35. The van der Waals surface area contributed by atoms with Crippen molar-refractivity contribution >= 4 is 46.3 Å². The number of ether oxygens (including phenoxy) is 1. The lowest BCUT2D eigenvalue weighted by molar-refractivity contribution is 0.0929. The Labute approximate surface area is 187 Å². The number of hydrogen-bond donors (Lipinski definition) is 1. The van der Waals surface area contributed by atoms with Crippen molar-refractivity contribution in [3.8, 4) is 5.75 Å². The average Bonchev–Trinajstić information content (AvgIpc) is 3.19. The molecule has 0 saturated carbocycles. The predicted molar refractivity (Wildman–Crippen MR) is 118 cm³/mol. The Balaban J connectivity index is 1.42. The van der Waals surface area contributed by atoms with Crippen molar-refractivity contribution in [1.29, 1.82) is 0 Å². The molecule has 0 radical (unpaired) electrons. The Kier molecular flexibility index (Phi) is 6.21. The molecule has 0 aliphatic heterocycles. The van der Waals surface area contributed by atoms with Crippen molar-refractivity contribution in [2.75, 3.05) is 0 Å². The van der Waals surface area contributed by atoms with Gasteiger partial charge in [0.1, 0.15) is 18.0 Å². The van der Waals surface area contributed by atoms with E-state index in [1.807, 2.05) is 18.2 Å². The third-order valence-corrected chi connectivity index (χ3v) is 4.94. The van der Waals surface area contributed by atoms with Crippen molar-refractivity contribution in [3.63, 3.8) is 0 Å². The Bertz CT molecular complexity index is 1230. The molecular formula is C23H15Cl2FN2O3. The second kappa shape index (κ2) is 9.20. The number of para-hydroxylation sites is 1. The van der Waals surface area contributed by atoms with Crippen LogP contribution in [0, 0.1) is 5.82 Å². The number of furan rings is 1. The van der Waals surface area contributed by atoms with Gasteiger partial charge in [-0.2, -0.15) is 5.10 Å². The zero-order valence-corrected chi connectivity index (χ0v) is 17.5. The number of hydrogen-bond acceptors (Lipinski definition) is 4. The predicted octanol–water partition coefficient (Wildman–Crippen LogP) is 6.22. The molecule has 1 aromatic heterocycles. The fourth-order valence-electron chi connectivity index (χ4n) is 2.87. The summed E-state index contributed by atoms with van der Waals surface area (Å²) in [5, 5.41) is 5.19. The minimum atomic E-state index is -0.491. The van der Waals surface area contributed by atoms with Gasteiger partial charge in [-0.15, -0.1) is 0 Å². The minimum Gasteiger partial charge on any atom is -0.486 e. The highest BCUT2D eigenvalue weighted by Gasteiger charge is 2.12. The van der Waals surface area contributed by atoms with Gasteiger partial charge in [-0.25, -0.2) is 9.82 Å². The van der Waals surface area contributed by atoms with Gasteiger partial charge < -0.3 is 9.15 Å². The number of benzene rings is 3. The molecule has 0 fully saturated rings. The van der Waals surface area contributed by atoms with E-state index in [9.17, 15) is 9.18 Å². The average molecular weight is 457 g/mol. The Morgan fingerprint density at radius 2 is 1.77 bits per heavy atom. The van der Waals surface area contributed by atoms with E-state index < -0.39 is 5.91 Å². The van der Waals surface area contributed by atoms with E-state index in [1.165, 1.54) is 12.3 Å². The molecule has 31 heavy (non-hydrogen) atoms. The van der Waals surface area contributed by atoms with E-state index in [4.69, 9.17) is 32.4 Å². The number of carbonyl (C=O) groups is 1. The first kappa shape index (κ1) is 20.9. The van der Waals surface area contributed by atoms with Crippen molar-refractivity contribution in [1.82, 2.24) is 5.43 Å². The van der Waals surface area contributed by atoms with Gasteiger partial charge in [0.25, 0.3) is 0 Å². The van der Waals surface area contributed by atoms with Crippen LogP contribution in [0.15, 0.2) is 76.2 Å². The monoisotopic (exact) mass is 456 g/mol. The lowest BCUT2D eigenvalue weighted by Gasteiger charge is -2.11. The van der Waals surface area contributed by atoms with Crippen LogP contribution >= 0.6 is 23.2 Å². The third-order valence-electron chi connectivity index (χ3n) is 4.38. The van der Waals surface area contributed by atoms with Crippen molar-refractivity contribution < 1.29 is 18.3 Å². The SMILES string of the molecule is O=C(N/N=C/c1cc(Cl)c(OCc2ccccc2F)c(Cl)c1)c1cc2ccccc2o1. The van der Waals surface area contributed by atoms with Crippen LogP contribution in [0.1, 0.15) is 21.7 Å². The highest BCUT2D eigenvalue weighted by Crippen LogP contribution is 2.34. The van der Waals surface area contributed by atoms with Gasteiger partial charge in [0.15, 0.2) is 11.5 Å². The van der Waals surface area contributed by atoms with Crippen molar-refractivity contribution in [2.24, 2.45) is 5.10 Å². The maximum atomic E-state index is 13.7. The second-order valence-corrected chi connectivity index (χ2v) is 7.36. The van der Waals surface area contributed by atoms with E-state index in [0.717, 1.165) is 5.39 Å². The number of fused-ring (bicyclic) bond motifs is 1. The molecule has 0 aliphatic rings. The highest BCUT2D eigenvalue weighted by atomic mass is 35.5. The smallest absolute Gasteiger partial charge is 0.307 e. The van der Waals surface area contributed by atoms with E-state index in [0.29, 0.717) is 16.7 Å². The topological polar surface area (TPSA) is 63.8 Å². The second-order valence-electron chi connectivity index (χ2n) is 6.54. The van der Waals surface area contributed by atoms with E-state index in [-0.39, 0.29) is 34.0 Å². The van der Waals surface area contributed by atoms with E-state index >= 15 is 0 Å². The molecule has 0 bridgehead atoms. The summed E-state index contributed by atoms with van der Waals surface area (Å²) in [4.78, 5) is 12.2. The lowest BCUT2D eigenvalue weighted by Crippen LogP contribution is -2.16. The molecule has 3 aromatic carbocycles. The first-order chi connectivity index (χ1) is 15.0. The summed E-state index contributed by atoms with van der Waals surface area (Å²) in [6.07, 6.45) is 1.39. The van der Waals surface area contributed by atoms with Gasteiger partial charge in [0.05, 0.1) is 16.3 Å². The summed E-state index contributed by atoms with van der Waals surface area (Å²) < 4.78 is 24.8. The van der Waals surface area contributed by atoms with Crippen LogP contribution in [0.5, 0.6) is 5.75 Å². The van der Waals surface area contributed by atoms with Gasteiger partial charge >= 0.3 is 5.91 Å². The molecule has 1 N–H and O–H groups in total. The molecule has 5 nitrogen and oxygen atoms in total. The zero-order valence-electron chi connectivity index (χ0n) is 15.9. The quantitative estimate of drug-likeness (QED) is 0.276. The first-order valence-corrected chi connectivity index (χ1v) is 9.94. The van der Waals surface area contributed by atoms with Gasteiger partial charge in [0, 0.05) is 10.9 Å². The molecule has 8 heteroatoms. The van der Waals surface area contributed by atoms with E-state index in [2.05, 4.69) is 10.5 Å². The van der Waals surface area contributed by atoms with Crippen LogP contribution in [-0.4, -0.2) is 12.1 Å². The molecule has 0 unspecified atom stereocenters. The molecular weight excluding hydrogens is 442 g/mol. The van der Waals surface area contributed by atoms with Gasteiger partial charge in [-0.05, 0) is 35.9 Å². The molecule has 4 aromatic rings. The van der Waals surface area contributed by atoms with Crippen LogP contribution in [0.3, 0.4) is 0 Å². The maximum Gasteiger partial charge on any atom is 0.307 e. The summed E-state index contributed by atoms with van der Waals surface area (Å²) in [7, 11) is 0. The summed E-state index contributed by atoms with van der Waals surface area (Å²) in [6.45, 7) is -0.0207. The summed E-state index contributed by atoms with van der Waals surface area (Å²) in [5.74, 6) is -0.491. The molecule has 156 valence electrons. The lowest BCUT2D eigenvalue weighted by atomic mass is 10.2. The number of rotatable bonds is 6. The van der Waals surface area contributed by atoms with Crippen LogP contribution in [0.4, 0.5) is 4.39 Å². The third kappa shape index (κ3) is 4.87. The fourth-order valence-corrected chi connectivity index (χ4v) is 3.48. The van der Waals surface area contributed by atoms with Crippen LogP contribution in [0.25, 0.3) is 11.0 Å². The van der Waals surface area contributed by atoms with Gasteiger partial charge in [0.2, 0.25) is 0 Å². The van der Waals surface area contributed by atoms with Crippen molar-refractivity contribution in [2.45, 2.75) is 6.61 Å². The summed E-state index contributed by atoms with van der Waals surface area (Å²) in [5.41, 5.74) is 3.93. The minimum absolute atomic E-state index is 0.0207. The number of nitrogens with zero attached hydrogens (tertiary/aromatic N) is 1. The molecule has 4 rings (SSSR count). The molecule has 0 atom stereocenters. The standard InChI is InChI=1S/C23H15Cl2FN2O3/c24-17-9-14(10-18(25)22(17)30-13-16-6-1-3-7-19(16)26)12-27-28-23(29)21-11-15-5-2-4-8-20(15)31-21/h1-12H,13H2,(H,28,29)/b27-12+. The molecule has 0 saturated heterocycles. The number of nitrogens with one attached hydrogen (secondary N) is 1. The Morgan fingerprint density at radius 1 is 1.06 bits per heavy atom. The molecule has 1 heterocycles. The van der Waals surface area contributed by atoms with Gasteiger partial charge in [-0.3, -0.25) is 4.79 Å². The fraction of sp³-hybridized carbons (Fsp3) is 0.0435. The van der Waals surface area contributed by atoms with Gasteiger partial charge in [-0.1, -0.05) is 59.6 Å². The van der Waals surface area contributed by atoms with Crippen LogP contribution < -0.4 is 10.2 Å². The highest BCUT2D eigenvalue weighted by molar-refractivity contribution is 6.37. The molecule has 0 aliphatic carbocycles. The Morgan fingerprint density at radius 3 is 2.52 bits per heavy atom. The number of carbonyl (C=O) groups excluding carboxylic acids is 1. The van der Waals surface area contributed by atoms with Crippen molar-refractivity contribution in [3.05, 3.63) is 99.5 Å². The molecule has 0 spiro atoms. The maximum absolute atomic E-state index is 13.7. The largest absolute Gasteiger partial charge is 0.486 e. The number of amides is 1. The summed E-state index contributed by atoms with van der Waals surface area (Å²) >= 11 is 12.5.